The molecule has 0 aliphatic carbocycles. The molecule has 0 fully saturated rings. The molecule has 2 aromatic rings. The molecule has 20 heavy (non-hydrogen) atoms. The van der Waals surface area contributed by atoms with Gasteiger partial charge in [-0.05, 0) is 12.1 Å². The molecule has 1 heterocycles. The molecule has 1 amide bonds. The van der Waals surface area contributed by atoms with Gasteiger partial charge in [0, 0.05) is 11.4 Å². The second-order valence-electron chi connectivity index (χ2n) is 3.64. The van der Waals surface area contributed by atoms with Gasteiger partial charge in [0.2, 0.25) is 0 Å². The van der Waals surface area contributed by atoms with Crippen LogP contribution in [-0.2, 0) is 0 Å². The Balaban J connectivity index is 2.20. The number of hydrogen-bond acceptors (Lipinski definition) is 5. The predicted octanol–water partition coefficient (Wildman–Crippen LogP) is 2.24. The van der Waals surface area contributed by atoms with E-state index in [1.807, 2.05) is 0 Å². The maximum Gasteiger partial charge on any atom is 0.355 e. The molecular weight excluding hydrogens is 287 g/mol. The van der Waals surface area contributed by atoms with Gasteiger partial charge in [0.25, 0.3) is 5.91 Å². The van der Waals surface area contributed by atoms with Crippen LogP contribution in [0.15, 0.2) is 23.6 Å². The number of aromatic carboxylic acids is 1. The van der Waals surface area contributed by atoms with Crippen molar-refractivity contribution in [2.45, 2.75) is 0 Å². The molecule has 0 spiro atoms. The lowest BCUT2D eigenvalue weighted by molar-refractivity contribution is 0.0691. The van der Waals surface area contributed by atoms with E-state index in [1.165, 1.54) is 24.6 Å². The number of hydrogen-bond donors (Lipinski definition) is 2. The van der Waals surface area contributed by atoms with E-state index in [9.17, 15) is 14.0 Å². The van der Waals surface area contributed by atoms with Gasteiger partial charge < -0.3 is 15.2 Å². The fraction of sp³-hybridized carbons (Fsp3) is 0.0833. The Morgan fingerprint density at radius 3 is 2.80 bits per heavy atom. The van der Waals surface area contributed by atoms with Gasteiger partial charge in [-0.15, -0.1) is 11.3 Å². The molecule has 0 atom stereocenters. The van der Waals surface area contributed by atoms with E-state index in [0.717, 1.165) is 17.4 Å². The highest BCUT2D eigenvalue weighted by molar-refractivity contribution is 7.12. The zero-order valence-electron chi connectivity index (χ0n) is 10.2. The van der Waals surface area contributed by atoms with Crippen LogP contribution in [-0.4, -0.2) is 29.1 Å². The van der Waals surface area contributed by atoms with Crippen LogP contribution in [0.1, 0.15) is 20.3 Å². The second-order valence-corrected chi connectivity index (χ2v) is 4.50. The molecule has 0 bridgehead atoms. The Morgan fingerprint density at radius 1 is 1.45 bits per heavy atom. The summed E-state index contributed by atoms with van der Waals surface area (Å²) in [6.45, 7) is 0. The van der Waals surface area contributed by atoms with Crippen molar-refractivity contribution in [3.05, 3.63) is 40.1 Å². The highest BCUT2D eigenvalue weighted by atomic mass is 32.1. The Kier molecular flexibility index (Phi) is 3.94. The average Bonchev–Trinajstić information content (AvgIpc) is 2.90. The maximum absolute atomic E-state index is 13.0. The van der Waals surface area contributed by atoms with Crippen LogP contribution in [0, 0.1) is 5.82 Å². The van der Waals surface area contributed by atoms with E-state index >= 15 is 0 Å². The zero-order chi connectivity index (χ0) is 14.7. The lowest BCUT2D eigenvalue weighted by atomic mass is 10.3. The smallest absolute Gasteiger partial charge is 0.355 e. The molecule has 2 N–H and O–H groups in total. The van der Waals surface area contributed by atoms with Gasteiger partial charge in [0.1, 0.15) is 11.6 Å². The van der Waals surface area contributed by atoms with E-state index in [-0.39, 0.29) is 22.1 Å². The number of ether oxygens (including phenoxy) is 1. The molecule has 0 aliphatic rings. The Labute approximate surface area is 116 Å². The fourth-order valence-electron chi connectivity index (χ4n) is 1.42. The monoisotopic (exact) mass is 296 g/mol. The summed E-state index contributed by atoms with van der Waals surface area (Å²) in [6.07, 6.45) is 0. The Morgan fingerprint density at radius 2 is 2.20 bits per heavy atom. The molecule has 0 saturated carbocycles. The topological polar surface area (TPSA) is 88.5 Å². The highest BCUT2D eigenvalue weighted by Gasteiger charge is 2.16. The van der Waals surface area contributed by atoms with E-state index in [0.29, 0.717) is 0 Å². The van der Waals surface area contributed by atoms with Crippen molar-refractivity contribution < 1.29 is 23.8 Å². The van der Waals surface area contributed by atoms with Crippen LogP contribution in [0.3, 0.4) is 0 Å². The summed E-state index contributed by atoms with van der Waals surface area (Å²) in [5.41, 5.74) is 0.0668. The largest absolute Gasteiger partial charge is 0.494 e. The average molecular weight is 296 g/mol. The number of carbonyl (C=O) groups is 2. The summed E-state index contributed by atoms with van der Waals surface area (Å²) in [5, 5.41) is 12.5. The number of benzene rings is 1. The highest BCUT2D eigenvalue weighted by Crippen LogP contribution is 2.25. The Hall–Kier alpha value is -2.48. The van der Waals surface area contributed by atoms with Crippen LogP contribution < -0.4 is 10.1 Å². The predicted molar refractivity (Wildman–Crippen MR) is 70.0 cm³/mol. The lowest BCUT2D eigenvalue weighted by Crippen LogP contribution is -2.13. The van der Waals surface area contributed by atoms with Crippen molar-refractivity contribution in [3.8, 4) is 5.75 Å². The molecule has 2 rings (SSSR count). The van der Waals surface area contributed by atoms with Crippen LogP contribution in [0.4, 0.5) is 10.1 Å². The number of nitrogens with one attached hydrogen (secondary N) is 1. The molecular formula is C12H9FN2O4S. The number of amides is 1. The van der Waals surface area contributed by atoms with Gasteiger partial charge >= 0.3 is 5.97 Å². The van der Waals surface area contributed by atoms with Gasteiger partial charge in [-0.3, -0.25) is 4.79 Å². The van der Waals surface area contributed by atoms with Gasteiger partial charge in [0.05, 0.1) is 12.8 Å². The van der Waals surface area contributed by atoms with E-state index in [2.05, 4.69) is 10.3 Å². The number of halogens is 1. The fourth-order valence-corrected chi connectivity index (χ4v) is 2.11. The summed E-state index contributed by atoms with van der Waals surface area (Å²) >= 11 is 0.903. The minimum Gasteiger partial charge on any atom is -0.494 e. The summed E-state index contributed by atoms with van der Waals surface area (Å²) in [6, 6.07) is 3.64. The number of anilines is 1. The number of carboxylic acid groups (broad SMARTS) is 1. The minimum absolute atomic E-state index is 0.00576. The third-order valence-electron chi connectivity index (χ3n) is 2.33. The standard InChI is InChI=1S/C12H9FN2O4S/c1-19-9-4-6(13)2-3-7(9)14-10(16)11-15-8(5-20-11)12(17)18/h2-5H,1H3,(H,14,16)(H,17,18). The minimum atomic E-state index is -1.21. The SMILES string of the molecule is COc1cc(F)ccc1NC(=O)c1nc(C(=O)O)cs1. The number of rotatable bonds is 4. The molecule has 1 aromatic carbocycles. The summed E-state index contributed by atoms with van der Waals surface area (Å²) in [5.74, 6) is -2.14. The summed E-state index contributed by atoms with van der Waals surface area (Å²) in [4.78, 5) is 26.3. The normalized spacial score (nSPS) is 10.1. The van der Waals surface area contributed by atoms with Crippen molar-refractivity contribution in [2.75, 3.05) is 12.4 Å². The number of carboxylic acids is 1. The van der Waals surface area contributed by atoms with Gasteiger partial charge in [-0.1, -0.05) is 0 Å². The van der Waals surface area contributed by atoms with Gasteiger partial charge in [-0.2, -0.15) is 0 Å². The van der Waals surface area contributed by atoms with Gasteiger partial charge in [0.15, 0.2) is 10.7 Å². The van der Waals surface area contributed by atoms with Crippen LogP contribution >= 0.6 is 11.3 Å². The number of nitrogens with zero attached hydrogens (tertiary/aromatic N) is 1. The molecule has 104 valence electrons. The first-order valence-electron chi connectivity index (χ1n) is 5.35. The van der Waals surface area contributed by atoms with E-state index in [1.54, 1.807) is 0 Å². The first-order valence-corrected chi connectivity index (χ1v) is 6.23. The number of thiazole rings is 1. The molecule has 6 nitrogen and oxygen atoms in total. The third kappa shape index (κ3) is 2.91. The van der Waals surface area contributed by atoms with Crippen LogP contribution in [0.5, 0.6) is 5.75 Å². The maximum atomic E-state index is 13.0. The van der Waals surface area contributed by atoms with E-state index < -0.39 is 17.7 Å². The van der Waals surface area contributed by atoms with Crippen LogP contribution in [0.2, 0.25) is 0 Å². The molecule has 1 aromatic heterocycles. The quantitative estimate of drug-likeness (QED) is 0.903. The van der Waals surface area contributed by atoms with E-state index in [4.69, 9.17) is 9.84 Å². The zero-order valence-corrected chi connectivity index (χ0v) is 11.0. The van der Waals surface area contributed by atoms with Gasteiger partial charge in [-0.25, -0.2) is 14.2 Å². The molecule has 0 aliphatic heterocycles. The van der Waals surface area contributed by atoms with Crippen molar-refractivity contribution >= 4 is 28.9 Å². The second kappa shape index (κ2) is 5.66. The first kappa shape index (κ1) is 13.9. The molecule has 8 heteroatoms. The summed E-state index contributed by atoms with van der Waals surface area (Å²) < 4.78 is 18.0. The molecule has 0 saturated heterocycles. The molecule has 0 radical (unpaired) electrons. The van der Waals surface area contributed by atoms with Crippen molar-refractivity contribution in [1.82, 2.24) is 4.98 Å². The number of carbonyl (C=O) groups excluding carboxylic acids is 1. The van der Waals surface area contributed by atoms with Crippen molar-refractivity contribution in [1.29, 1.82) is 0 Å². The Bertz CT molecular complexity index is 671. The third-order valence-corrected chi connectivity index (χ3v) is 3.17. The first-order chi connectivity index (χ1) is 9.51. The lowest BCUT2D eigenvalue weighted by Gasteiger charge is -2.08. The number of methoxy groups -OCH3 is 1. The molecule has 0 unspecified atom stereocenters. The van der Waals surface area contributed by atoms with Crippen LogP contribution in [0.25, 0.3) is 0 Å². The van der Waals surface area contributed by atoms with Crippen molar-refractivity contribution in [3.63, 3.8) is 0 Å². The number of aromatic nitrogens is 1. The summed E-state index contributed by atoms with van der Waals surface area (Å²) in [7, 11) is 1.34. The van der Waals surface area contributed by atoms with Crippen molar-refractivity contribution in [2.24, 2.45) is 0 Å².